The van der Waals surface area contributed by atoms with Gasteiger partial charge in [-0.1, -0.05) is 6.07 Å². The van der Waals surface area contributed by atoms with E-state index in [4.69, 9.17) is 34.8 Å². The van der Waals surface area contributed by atoms with Gasteiger partial charge in [-0.15, -0.1) is 23.2 Å². The average Bonchev–Trinajstić information content (AvgIpc) is 2.16. The summed E-state index contributed by atoms with van der Waals surface area (Å²) >= 11 is 16.4. The van der Waals surface area contributed by atoms with Gasteiger partial charge in [0.15, 0.2) is 0 Å². The maximum atomic E-state index is 10.5. The third kappa shape index (κ3) is 3.05. The van der Waals surface area contributed by atoms with Crippen molar-refractivity contribution in [3.8, 4) is 5.75 Å². The molecule has 0 spiro atoms. The normalized spacial score (nSPS) is 9.93. The van der Waals surface area contributed by atoms with E-state index >= 15 is 0 Å². The molecule has 14 heavy (non-hydrogen) atoms. The molecule has 0 bridgehead atoms. The lowest BCUT2D eigenvalue weighted by molar-refractivity contribution is 0.225. The Kier molecular flexibility index (Phi) is 4.52. The number of carbonyl (C=O) groups excluding carboxylic acids is 1. The molecule has 0 aliphatic heterocycles. The molecule has 0 amide bonds. The molecular formula is C9H7Cl3O2. The predicted octanol–water partition coefficient (Wildman–Crippen LogP) is 3.90. The fourth-order valence-corrected chi connectivity index (χ4v) is 1.61. The minimum atomic E-state index is -0.871. The Labute approximate surface area is 96.7 Å². The predicted molar refractivity (Wildman–Crippen MR) is 57.4 cm³/mol. The third-order valence-electron chi connectivity index (χ3n) is 1.66. The zero-order valence-electron chi connectivity index (χ0n) is 7.10. The van der Waals surface area contributed by atoms with E-state index in [-0.39, 0.29) is 0 Å². The van der Waals surface area contributed by atoms with Gasteiger partial charge < -0.3 is 4.74 Å². The molecule has 1 aromatic rings. The molecule has 76 valence electrons. The first-order chi connectivity index (χ1) is 6.67. The molecule has 2 nitrogen and oxygen atoms in total. The summed E-state index contributed by atoms with van der Waals surface area (Å²) in [5.41, 5.74) is 0.872. The summed E-state index contributed by atoms with van der Waals surface area (Å²) in [6.45, 7) is 0. The molecule has 0 heterocycles. The van der Waals surface area contributed by atoms with Gasteiger partial charge in [-0.05, 0) is 23.3 Å². The summed E-state index contributed by atoms with van der Waals surface area (Å²) in [6, 6.07) is 5.01. The van der Waals surface area contributed by atoms with Crippen molar-refractivity contribution in [1.29, 1.82) is 0 Å². The van der Waals surface area contributed by atoms with Crippen LogP contribution >= 0.6 is 34.8 Å². The third-order valence-corrected chi connectivity index (χ3v) is 2.32. The molecule has 0 aliphatic carbocycles. The van der Waals surface area contributed by atoms with Gasteiger partial charge in [-0.3, -0.25) is 0 Å². The minimum absolute atomic E-state index is 0.315. The van der Waals surface area contributed by atoms with Gasteiger partial charge in [0.2, 0.25) is 0 Å². The van der Waals surface area contributed by atoms with E-state index in [1.54, 1.807) is 18.2 Å². The molecule has 0 aliphatic rings. The van der Waals surface area contributed by atoms with Gasteiger partial charge in [-0.2, -0.15) is 0 Å². The van der Waals surface area contributed by atoms with Crippen LogP contribution in [0.5, 0.6) is 5.75 Å². The molecule has 1 rings (SSSR count). The quantitative estimate of drug-likeness (QED) is 0.603. The Morgan fingerprint density at radius 2 is 1.86 bits per heavy atom. The van der Waals surface area contributed by atoms with Crippen LogP contribution in [0.4, 0.5) is 4.79 Å². The number of hydrogen-bond acceptors (Lipinski definition) is 2. The first-order valence-corrected chi connectivity index (χ1v) is 5.23. The summed E-state index contributed by atoms with van der Waals surface area (Å²) < 4.78 is 4.68. The lowest BCUT2D eigenvalue weighted by atomic mass is 10.1. The summed E-state index contributed by atoms with van der Waals surface area (Å²) in [7, 11) is 0. The van der Waals surface area contributed by atoms with Crippen molar-refractivity contribution in [3.05, 3.63) is 29.3 Å². The molecule has 5 heteroatoms. The van der Waals surface area contributed by atoms with Crippen LogP contribution in [0, 0.1) is 0 Å². The van der Waals surface area contributed by atoms with Gasteiger partial charge in [0.05, 0.1) is 0 Å². The highest BCUT2D eigenvalue weighted by Crippen LogP contribution is 2.21. The number of benzene rings is 1. The molecule has 0 atom stereocenters. The molecule has 1 aromatic carbocycles. The largest absolute Gasteiger partial charge is 0.414 e. The molecule has 0 aromatic heterocycles. The number of ether oxygens (including phenoxy) is 1. The van der Waals surface area contributed by atoms with E-state index in [1.807, 2.05) is 0 Å². The van der Waals surface area contributed by atoms with Gasteiger partial charge in [0.25, 0.3) is 0 Å². The molecule has 0 saturated heterocycles. The van der Waals surface area contributed by atoms with Gasteiger partial charge in [-0.25, -0.2) is 4.79 Å². The number of halogens is 3. The van der Waals surface area contributed by atoms with E-state index in [0.717, 1.165) is 11.1 Å². The van der Waals surface area contributed by atoms with Crippen LogP contribution in [0.1, 0.15) is 11.1 Å². The minimum Gasteiger partial charge on any atom is -0.414 e. The van der Waals surface area contributed by atoms with E-state index in [2.05, 4.69) is 4.74 Å². The van der Waals surface area contributed by atoms with Crippen LogP contribution in [-0.4, -0.2) is 5.43 Å². The molecule has 0 fully saturated rings. The Morgan fingerprint density at radius 1 is 1.21 bits per heavy atom. The van der Waals surface area contributed by atoms with E-state index < -0.39 is 5.43 Å². The Bertz CT molecular complexity index is 339. The smallest absolute Gasteiger partial charge is 0.409 e. The van der Waals surface area contributed by atoms with Gasteiger partial charge >= 0.3 is 5.43 Å². The van der Waals surface area contributed by atoms with Crippen LogP contribution in [0.25, 0.3) is 0 Å². The van der Waals surface area contributed by atoms with E-state index in [0.29, 0.717) is 17.5 Å². The van der Waals surface area contributed by atoms with Gasteiger partial charge in [0, 0.05) is 23.4 Å². The number of rotatable bonds is 3. The van der Waals surface area contributed by atoms with Crippen LogP contribution in [0.3, 0.4) is 0 Å². The maximum absolute atomic E-state index is 10.5. The molecule has 0 radical (unpaired) electrons. The van der Waals surface area contributed by atoms with Crippen LogP contribution < -0.4 is 4.74 Å². The van der Waals surface area contributed by atoms with Gasteiger partial charge in [0.1, 0.15) is 5.75 Å². The van der Waals surface area contributed by atoms with E-state index in [9.17, 15) is 4.79 Å². The highest BCUT2D eigenvalue weighted by atomic mass is 35.5. The average molecular weight is 254 g/mol. The topological polar surface area (TPSA) is 26.3 Å². The SMILES string of the molecule is O=C(Cl)Oc1ccc(CCl)c(CCl)c1. The van der Waals surface area contributed by atoms with Crippen molar-refractivity contribution in [1.82, 2.24) is 0 Å². The lowest BCUT2D eigenvalue weighted by Crippen LogP contribution is -1.97. The Balaban J connectivity index is 2.95. The Hall–Kier alpha value is -0.440. The fraction of sp³-hybridized carbons (Fsp3) is 0.222. The number of alkyl halides is 2. The van der Waals surface area contributed by atoms with Crippen molar-refractivity contribution in [2.45, 2.75) is 11.8 Å². The lowest BCUT2D eigenvalue weighted by Gasteiger charge is -2.06. The molecule has 0 saturated carbocycles. The van der Waals surface area contributed by atoms with Crippen molar-refractivity contribution in [2.75, 3.05) is 0 Å². The van der Waals surface area contributed by atoms with Crippen LogP contribution in [0.2, 0.25) is 0 Å². The highest BCUT2D eigenvalue weighted by molar-refractivity contribution is 6.61. The first kappa shape index (κ1) is 11.6. The second-order valence-corrected chi connectivity index (χ2v) is 3.38. The Morgan fingerprint density at radius 3 is 2.36 bits per heavy atom. The first-order valence-electron chi connectivity index (χ1n) is 3.78. The fourth-order valence-electron chi connectivity index (χ4n) is 1.01. The maximum Gasteiger partial charge on any atom is 0.409 e. The number of hydrogen-bond donors (Lipinski definition) is 0. The summed E-state index contributed by atoms with van der Waals surface area (Å²) in [5.74, 6) is 1.06. The zero-order valence-corrected chi connectivity index (χ0v) is 9.36. The standard InChI is InChI=1S/C9H7Cl3O2/c10-4-6-1-2-8(14-9(12)13)3-7(6)5-11/h1-3H,4-5H2. The second-order valence-electron chi connectivity index (χ2n) is 2.54. The van der Waals surface area contributed by atoms with Crippen LogP contribution in [-0.2, 0) is 11.8 Å². The highest BCUT2D eigenvalue weighted by Gasteiger charge is 2.05. The van der Waals surface area contributed by atoms with Crippen molar-refractivity contribution in [2.24, 2.45) is 0 Å². The van der Waals surface area contributed by atoms with E-state index in [1.165, 1.54) is 0 Å². The second kappa shape index (κ2) is 5.44. The van der Waals surface area contributed by atoms with Crippen LogP contribution in [0.15, 0.2) is 18.2 Å². The molecule has 0 N–H and O–H groups in total. The van der Waals surface area contributed by atoms with Crippen molar-refractivity contribution < 1.29 is 9.53 Å². The molecule has 0 unspecified atom stereocenters. The summed E-state index contributed by atoms with van der Waals surface area (Å²) in [6.07, 6.45) is 0. The monoisotopic (exact) mass is 252 g/mol. The number of carbonyl (C=O) groups is 1. The zero-order chi connectivity index (χ0) is 10.6. The molecular weight excluding hydrogens is 246 g/mol. The summed E-state index contributed by atoms with van der Waals surface area (Å²) in [5, 5.41) is 0. The van der Waals surface area contributed by atoms with Crippen molar-refractivity contribution >= 4 is 40.2 Å². The van der Waals surface area contributed by atoms with Crippen molar-refractivity contribution in [3.63, 3.8) is 0 Å². The summed E-state index contributed by atoms with van der Waals surface area (Å²) in [4.78, 5) is 10.5.